The van der Waals surface area contributed by atoms with Gasteiger partial charge in [0.15, 0.2) is 6.10 Å². The summed E-state index contributed by atoms with van der Waals surface area (Å²) in [5.41, 5.74) is 2.49. The van der Waals surface area contributed by atoms with Crippen molar-refractivity contribution in [2.75, 3.05) is 23.5 Å². The summed E-state index contributed by atoms with van der Waals surface area (Å²) in [7, 11) is 0. The number of unbranched alkanes of at least 4 members (excludes halogenated alkanes) is 9. The van der Waals surface area contributed by atoms with Gasteiger partial charge in [0.25, 0.3) is 0 Å². The zero-order valence-electron chi connectivity index (χ0n) is 29.9. The van der Waals surface area contributed by atoms with Crippen LogP contribution in [0.4, 0.5) is 5.82 Å². The van der Waals surface area contributed by atoms with Crippen LogP contribution in [0.1, 0.15) is 156 Å². The van der Waals surface area contributed by atoms with Gasteiger partial charge >= 0.3 is 5.97 Å². The zero-order chi connectivity index (χ0) is 32.9. The van der Waals surface area contributed by atoms with E-state index < -0.39 is 6.10 Å². The molecule has 0 amide bonds. The Morgan fingerprint density at radius 2 is 1.53 bits per heavy atom. The number of esters is 1. The number of rotatable bonds is 22. The average molecular weight is 625 g/mol. The van der Waals surface area contributed by atoms with Crippen molar-refractivity contribution in [3.8, 4) is 5.75 Å². The van der Waals surface area contributed by atoms with E-state index in [1.54, 1.807) is 6.20 Å². The van der Waals surface area contributed by atoms with E-state index >= 15 is 0 Å². The largest absolute Gasteiger partial charge is 0.478 e. The molecule has 254 valence electrons. The minimum absolute atomic E-state index is 0.0741. The van der Waals surface area contributed by atoms with Gasteiger partial charge in [0, 0.05) is 24.6 Å². The van der Waals surface area contributed by atoms with Gasteiger partial charge in [-0.1, -0.05) is 118 Å². The maximum Gasteiger partial charge on any atom is 0.347 e. The molecule has 1 aromatic heterocycles. The number of carbonyl (C=O) groups is 1. The van der Waals surface area contributed by atoms with E-state index in [4.69, 9.17) is 9.47 Å². The minimum Gasteiger partial charge on any atom is -0.478 e. The molecular formula is C38H64N4O3. The van der Waals surface area contributed by atoms with Gasteiger partial charge in [-0.2, -0.15) is 9.89 Å². The van der Waals surface area contributed by atoms with Crippen LogP contribution in [0.3, 0.4) is 0 Å². The lowest BCUT2D eigenvalue weighted by molar-refractivity contribution is -0.152. The lowest BCUT2D eigenvalue weighted by atomic mass is 9.76. The van der Waals surface area contributed by atoms with Crippen LogP contribution in [0.15, 0.2) is 30.5 Å². The molecule has 3 rings (SSSR count). The van der Waals surface area contributed by atoms with Crippen LogP contribution < -0.4 is 15.1 Å². The summed E-state index contributed by atoms with van der Waals surface area (Å²) in [6.07, 6.45) is 17.3. The summed E-state index contributed by atoms with van der Waals surface area (Å²) in [5.74, 6) is 1.55. The Labute approximate surface area is 274 Å². The number of fused-ring (bicyclic) bond motifs is 1. The Balaban J connectivity index is 1.64. The SMILES string of the molecule is CCCCCCCCCCCCC(Oc1ccc(C(C)(C)CC)cc1C(C)(C)CC)C(=O)OCCCN1C(C)Nc2ccnn21. The van der Waals surface area contributed by atoms with E-state index in [1.165, 1.54) is 62.5 Å². The Morgan fingerprint density at radius 3 is 2.18 bits per heavy atom. The molecule has 2 atom stereocenters. The fourth-order valence-corrected chi connectivity index (χ4v) is 6.01. The smallest absolute Gasteiger partial charge is 0.347 e. The fraction of sp³-hybridized carbons (Fsp3) is 0.737. The summed E-state index contributed by atoms with van der Waals surface area (Å²) in [6.45, 7) is 19.1. The first-order valence-corrected chi connectivity index (χ1v) is 18.1. The topological polar surface area (TPSA) is 68.6 Å². The summed E-state index contributed by atoms with van der Waals surface area (Å²) < 4.78 is 12.5. The van der Waals surface area contributed by atoms with E-state index in [0.717, 1.165) is 50.2 Å². The second kappa shape index (κ2) is 17.9. The molecule has 0 bridgehead atoms. The standard InChI is InChI=1S/C38H64N4O3/c1-9-12-13-14-15-16-17-18-19-20-22-34(36(43)44-28-21-27-41-30(4)40-35-25-26-39-42(35)41)45-33-24-23-31(37(5,6)10-2)29-32(33)38(7,8)11-3/h23-26,29-30,34,40H,9-22,27-28H2,1-8H3. The highest BCUT2D eigenvalue weighted by atomic mass is 16.6. The molecule has 1 aromatic carbocycles. The maximum atomic E-state index is 13.6. The van der Waals surface area contributed by atoms with Gasteiger partial charge < -0.3 is 14.8 Å². The molecule has 2 aromatic rings. The molecule has 2 unspecified atom stereocenters. The van der Waals surface area contributed by atoms with Gasteiger partial charge in [0.2, 0.25) is 0 Å². The van der Waals surface area contributed by atoms with Crippen molar-refractivity contribution in [2.24, 2.45) is 0 Å². The maximum absolute atomic E-state index is 13.6. The second-order valence-corrected chi connectivity index (χ2v) is 14.4. The molecule has 0 saturated carbocycles. The molecule has 7 nitrogen and oxygen atoms in total. The Hall–Kier alpha value is -2.70. The van der Waals surface area contributed by atoms with E-state index in [2.05, 4.69) is 89.0 Å². The van der Waals surface area contributed by atoms with Crippen molar-refractivity contribution in [1.82, 2.24) is 9.89 Å². The van der Waals surface area contributed by atoms with Crippen LogP contribution in [-0.4, -0.2) is 41.3 Å². The van der Waals surface area contributed by atoms with E-state index in [-0.39, 0.29) is 23.0 Å². The molecule has 0 radical (unpaired) electrons. The van der Waals surface area contributed by atoms with Gasteiger partial charge in [-0.3, -0.25) is 5.01 Å². The monoisotopic (exact) mass is 624 g/mol. The van der Waals surface area contributed by atoms with Crippen LogP contribution >= 0.6 is 0 Å². The number of anilines is 1. The van der Waals surface area contributed by atoms with Gasteiger partial charge in [0.1, 0.15) is 17.7 Å². The van der Waals surface area contributed by atoms with E-state index in [9.17, 15) is 4.79 Å². The lowest BCUT2D eigenvalue weighted by Gasteiger charge is -2.31. The van der Waals surface area contributed by atoms with Gasteiger partial charge in [0.05, 0.1) is 12.8 Å². The summed E-state index contributed by atoms with van der Waals surface area (Å²) >= 11 is 0. The van der Waals surface area contributed by atoms with Crippen molar-refractivity contribution in [3.05, 3.63) is 41.6 Å². The van der Waals surface area contributed by atoms with Crippen molar-refractivity contribution in [2.45, 2.75) is 168 Å². The van der Waals surface area contributed by atoms with Gasteiger partial charge in [-0.05, 0) is 55.1 Å². The van der Waals surface area contributed by atoms with Gasteiger partial charge in [-0.25, -0.2) is 4.79 Å². The Kier molecular flexibility index (Phi) is 14.6. The number of ether oxygens (including phenoxy) is 2. The van der Waals surface area contributed by atoms with E-state index in [1.807, 2.05) is 10.9 Å². The number of carbonyl (C=O) groups excluding carboxylic acids is 1. The third-order valence-corrected chi connectivity index (χ3v) is 10.1. The highest BCUT2D eigenvalue weighted by molar-refractivity contribution is 5.75. The Morgan fingerprint density at radius 1 is 0.889 bits per heavy atom. The molecule has 2 heterocycles. The van der Waals surface area contributed by atoms with Crippen molar-refractivity contribution in [1.29, 1.82) is 0 Å². The average Bonchev–Trinajstić information content (AvgIpc) is 3.60. The molecule has 45 heavy (non-hydrogen) atoms. The molecule has 0 saturated heterocycles. The van der Waals surface area contributed by atoms with Crippen LogP contribution in [0.5, 0.6) is 5.75 Å². The summed E-state index contributed by atoms with van der Waals surface area (Å²) in [6, 6.07) is 8.57. The van der Waals surface area contributed by atoms with E-state index in [0.29, 0.717) is 13.0 Å². The lowest BCUT2D eigenvalue weighted by Crippen LogP contribution is -2.41. The first kappa shape index (κ1) is 36.8. The molecule has 1 aliphatic rings. The first-order valence-electron chi connectivity index (χ1n) is 18.1. The van der Waals surface area contributed by atoms with Crippen molar-refractivity contribution >= 4 is 11.8 Å². The number of aromatic nitrogens is 2. The molecule has 0 aliphatic carbocycles. The number of hydrogen-bond acceptors (Lipinski definition) is 6. The molecular weight excluding hydrogens is 560 g/mol. The highest BCUT2D eigenvalue weighted by Gasteiger charge is 2.30. The number of nitrogens with one attached hydrogen (secondary N) is 1. The third kappa shape index (κ3) is 10.7. The molecule has 0 spiro atoms. The predicted molar refractivity (Wildman–Crippen MR) is 188 cm³/mol. The molecule has 0 fully saturated rings. The zero-order valence-corrected chi connectivity index (χ0v) is 29.9. The van der Waals surface area contributed by atoms with Gasteiger partial charge in [-0.15, -0.1) is 0 Å². The first-order chi connectivity index (χ1) is 21.5. The Bertz CT molecular complexity index is 1160. The quantitative estimate of drug-likeness (QED) is 0.104. The highest BCUT2D eigenvalue weighted by Crippen LogP contribution is 2.39. The summed E-state index contributed by atoms with van der Waals surface area (Å²) in [4.78, 5) is 15.5. The van der Waals surface area contributed by atoms with Crippen LogP contribution in [0.2, 0.25) is 0 Å². The second-order valence-electron chi connectivity index (χ2n) is 14.4. The minimum atomic E-state index is -0.611. The van der Waals surface area contributed by atoms with Crippen LogP contribution in [-0.2, 0) is 20.4 Å². The molecule has 1 aliphatic heterocycles. The summed E-state index contributed by atoms with van der Waals surface area (Å²) in [5, 5.41) is 9.97. The molecule has 7 heteroatoms. The fourth-order valence-electron chi connectivity index (χ4n) is 6.01. The number of nitrogens with zero attached hydrogens (tertiary/aromatic N) is 3. The third-order valence-electron chi connectivity index (χ3n) is 10.1. The van der Waals surface area contributed by atoms with Crippen molar-refractivity contribution < 1.29 is 14.3 Å². The number of benzene rings is 1. The molecule has 1 N–H and O–H groups in total. The number of hydrogen-bond donors (Lipinski definition) is 1. The van der Waals surface area contributed by atoms with Crippen molar-refractivity contribution in [3.63, 3.8) is 0 Å². The predicted octanol–water partition coefficient (Wildman–Crippen LogP) is 9.66. The van der Waals surface area contributed by atoms with Crippen LogP contribution in [0.25, 0.3) is 0 Å². The van der Waals surface area contributed by atoms with Crippen LogP contribution in [0, 0.1) is 0 Å². The normalized spacial score (nSPS) is 15.6.